The van der Waals surface area contributed by atoms with E-state index in [0.717, 1.165) is 5.69 Å². The van der Waals surface area contributed by atoms with Gasteiger partial charge in [0.15, 0.2) is 0 Å². The number of ether oxygens (including phenoxy) is 1. The lowest BCUT2D eigenvalue weighted by molar-refractivity contribution is 0.0600. The molecule has 1 aromatic rings. The zero-order valence-electron chi connectivity index (χ0n) is 12.6. The van der Waals surface area contributed by atoms with Gasteiger partial charge in [0.05, 0.1) is 0 Å². The number of para-hydroxylation sites is 1. The molecule has 6 nitrogen and oxygen atoms in total. The second-order valence-electron chi connectivity index (χ2n) is 5.22. The van der Waals surface area contributed by atoms with Crippen LogP contribution < -0.4 is 11.1 Å². The van der Waals surface area contributed by atoms with Gasteiger partial charge in [-0.2, -0.15) is 0 Å². The van der Waals surface area contributed by atoms with Gasteiger partial charge in [-0.3, -0.25) is 0 Å². The van der Waals surface area contributed by atoms with E-state index in [1.54, 1.807) is 34.9 Å². The molecule has 0 aliphatic rings. The van der Waals surface area contributed by atoms with Crippen molar-refractivity contribution in [1.29, 1.82) is 0 Å². The smallest absolute Gasteiger partial charge is 0.405 e. The Bertz CT molecular complexity index is 425. The van der Waals surface area contributed by atoms with Crippen LogP contribution in [0.15, 0.2) is 30.3 Å². The molecule has 112 valence electrons. The van der Waals surface area contributed by atoms with Gasteiger partial charge in [0.1, 0.15) is 5.60 Å². The van der Waals surface area contributed by atoms with Crippen LogP contribution in [-0.4, -0.2) is 36.7 Å². The Morgan fingerprint density at radius 3 is 1.95 bits per heavy atom. The number of anilines is 1. The van der Waals surface area contributed by atoms with E-state index >= 15 is 0 Å². The van der Waals surface area contributed by atoms with Gasteiger partial charge in [0.2, 0.25) is 0 Å². The topological polar surface area (TPSA) is 84.7 Å². The molecule has 0 aliphatic heterocycles. The minimum absolute atomic E-state index is 0.110. The van der Waals surface area contributed by atoms with Gasteiger partial charge in [-0.05, 0) is 32.9 Å². The average molecular weight is 281 g/mol. The third-order valence-corrected chi connectivity index (χ3v) is 1.84. The minimum atomic E-state index is -0.725. The first-order valence-electron chi connectivity index (χ1n) is 6.13. The van der Waals surface area contributed by atoms with Crippen LogP contribution in [0, 0.1) is 0 Å². The summed E-state index contributed by atoms with van der Waals surface area (Å²) in [6, 6.07) is 9.26. The fourth-order valence-electron chi connectivity index (χ4n) is 1.06. The number of benzene rings is 1. The number of carbonyl (C=O) groups is 2. The summed E-state index contributed by atoms with van der Waals surface area (Å²) < 4.78 is 4.58. The molecule has 0 saturated heterocycles. The molecule has 0 heterocycles. The van der Waals surface area contributed by atoms with Gasteiger partial charge >= 0.3 is 12.1 Å². The fraction of sp³-hybridized carbons (Fsp3) is 0.429. The van der Waals surface area contributed by atoms with Crippen molar-refractivity contribution in [2.45, 2.75) is 26.4 Å². The van der Waals surface area contributed by atoms with Crippen molar-refractivity contribution in [3.8, 4) is 0 Å². The molecule has 0 aromatic heterocycles. The summed E-state index contributed by atoms with van der Waals surface area (Å²) in [5, 5.41) is 2.73. The zero-order valence-corrected chi connectivity index (χ0v) is 12.6. The van der Waals surface area contributed by atoms with Crippen LogP contribution in [-0.2, 0) is 4.74 Å². The Morgan fingerprint density at radius 2 is 1.65 bits per heavy atom. The van der Waals surface area contributed by atoms with Crippen LogP contribution in [0.4, 0.5) is 15.3 Å². The van der Waals surface area contributed by atoms with Crippen LogP contribution in [0.5, 0.6) is 0 Å². The largest absolute Gasteiger partial charge is 0.444 e. The normalized spacial score (nSPS) is 9.85. The number of hydrogen-bond donors (Lipinski definition) is 2. The maximum atomic E-state index is 11.1. The number of carbonyl (C=O) groups excluding carboxylic acids is 2. The molecule has 1 aromatic carbocycles. The zero-order chi connectivity index (χ0) is 15.8. The second-order valence-corrected chi connectivity index (χ2v) is 5.22. The summed E-state index contributed by atoms with van der Waals surface area (Å²) in [5.41, 5.74) is 5.08. The third-order valence-electron chi connectivity index (χ3n) is 1.84. The summed E-state index contributed by atoms with van der Waals surface area (Å²) >= 11 is 0. The minimum Gasteiger partial charge on any atom is -0.444 e. The van der Waals surface area contributed by atoms with Crippen molar-refractivity contribution in [3.63, 3.8) is 0 Å². The Kier molecular flexibility index (Phi) is 7.14. The monoisotopic (exact) mass is 281 g/mol. The molecule has 3 N–H and O–H groups in total. The lowest BCUT2D eigenvalue weighted by atomic mass is 10.2. The first-order valence-corrected chi connectivity index (χ1v) is 6.13. The van der Waals surface area contributed by atoms with Crippen LogP contribution in [0.3, 0.4) is 0 Å². The van der Waals surface area contributed by atoms with E-state index in [4.69, 9.17) is 5.73 Å². The average Bonchev–Trinajstić information content (AvgIpc) is 2.27. The van der Waals surface area contributed by atoms with E-state index in [9.17, 15) is 9.59 Å². The molecule has 0 bridgehead atoms. The molecule has 0 spiro atoms. The predicted octanol–water partition coefficient (Wildman–Crippen LogP) is 2.66. The number of nitrogens with two attached hydrogens (primary N) is 1. The standard InChI is InChI=1S/C9H12N2O.C5H11NO2/c1-11(2)9(12)10-8-6-4-3-5-7-8;1-5(2,3)8-4(6)7/h3-7H,1-2H3,(H,10,12);1-3H3,(H2,6,7). The van der Waals surface area contributed by atoms with Crippen molar-refractivity contribution in [3.05, 3.63) is 30.3 Å². The quantitative estimate of drug-likeness (QED) is 0.830. The number of nitrogens with one attached hydrogen (secondary N) is 1. The number of hydrogen-bond acceptors (Lipinski definition) is 3. The lowest BCUT2D eigenvalue weighted by Crippen LogP contribution is -2.27. The third kappa shape index (κ3) is 9.76. The van der Waals surface area contributed by atoms with E-state index in [1.807, 2.05) is 30.3 Å². The first-order chi connectivity index (χ1) is 9.11. The summed E-state index contributed by atoms with van der Waals surface area (Å²) in [5.74, 6) is 0. The highest BCUT2D eigenvalue weighted by Gasteiger charge is 2.12. The van der Waals surface area contributed by atoms with Crippen molar-refractivity contribution in [2.24, 2.45) is 5.73 Å². The van der Waals surface area contributed by atoms with Gasteiger partial charge in [-0.25, -0.2) is 9.59 Å². The Morgan fingerprint density at radius 1 is 1.15 bits per heavy atom. The Balaban J connectivity index is 0.000000396. The lowest BCUT2D eigenvalue weighted by Gasteiger charge is -2.16. The van der Waals surface area contributed by atoms with E-state index in [-0.39, 0.29) is 6.03 Å². The summed E-state index contributed by atoms with van der Waals surface area (Å²) in [6.07, 6.45) is -0.725. The molecular weight excluding hydrogens is 258 g/mol. The Labute approximate surface area is 119 Å². The van der Waals surface area contributed by atoms with Crippen molar-refractivity contribution < 1.29 is 14.3 Å². The predicted molar refractivity (Wildman–Crippen MR) is 79.6 cm³/mol. The van der Waals surface area contributed by atoms with Crippen molar-refractivity contribution >= 4 is 17.8 Å². The molecule has 3 amide bonds. The van der Waals surface area contributed by atoms with Gasteiger partial charge in [0, 0.05) is 19.8 Å². The number of nitrogens with zero attached hydrogens (tertiary/aromatic N) is 1. The molecule has 0 saturated carbocycles. The van der Waals surface area contributed by atoms with Crippen molar-refractivity contribution in [1.82, 2.24) is 4.90 Å². The van der Waals surface area contributed by atoms with Gasteiger partial charge in [-0.15, -0.1) is 0 Å². The highest BCUT2D eigenvalue weighted by molar-refractivity contribution is 5.88. The molecule has 0 atom stereocenters. The van der Waals surface area contributed by atoms with E-state index < -0.39 is 11.7 Å². The summed E-state index contributed by atoms with van der Waals surface area (Å²) in [7, 11) is 3.41. The summed E-state index contributed by atoms with van der Waals surface area (Å²) in [4.78, 5) is 22.6. The van der Waals surface area contributed by atoms with E-state index in [2.05, 4.69) is 10.1 Å². The molecule has 6 heteroatoms. The highest BCUT2D eigenvalue weighted by atomic mass is 16.6. The second kappa shape index (κ2) is 8.04. The SMILES string of the molecule is CC(C)(C)OC(N)=O.CN(C)C(=O)Nc1ccccc1. The number of amides is 3. The maximum Gasteiger partial charge on any atom is 0.405 e. The number of primary amides is 1. The molecule has 0 radical (unpaired) electrons. The highest BCUT2D eigenvalue weighted by Crippen LogP contribution is 2.05. The molecule has 0 fully saturated rings. The van der Waals surface area contributed by atoms with Crippen LogP contribution in [0.1, 0.15) is 20.8 Å². The van der Waals surface area contributed by atoms with Gasteiger partial charge in [0.25, 0.3) is 0 Å². The van der Waals surface area contributed by atoms with Crippen LogP contribution in [0.25, 0.3) is 0 Å². The van der Waals surface area contributed by atoms with E-state index in [1.165, 1.54) is 4.90 Å². The van der Waals surface area contributed by atoms with E-state index in [0.29, 0.717) is 0 Å². The van der Waals surface area contributed by atoms with Crippen LogP contribution >= 0.6 is 0 Å². The maximum absolute atomic E-state index is 11.1. The number of rotatable bonds is 1. The first kappa shape index (κ1) is 17.8. The fourth-order valence-corrected chi connectivity index (χ4v) is 1.06. The molecule has 0 unspecified atom stereocenters. The van der Waals surface area contributed by atoms with Gasteiger partial charge < -0.3 is 20.7 Å². The summed E-state index contributed by atoms with van der Waals surface area (Å²) in [6.45, 7) is 5.28. The van der Waals surface area contributed by atoms with Gasteiger partial charge in [-0.1, -0.05) is 18.2 Å². The Hall–Kier alpha value is -2.24. The molecule has 1 rings (SSSR count). The molecular formula is C14H23N3O3. The molecule has 0 aliphatic carbocycles. The molecule has 20 heavy (non-hydrogen) atoms. The van der Waals surface area contributed by atoms with Crippen molar-refractivity contribution in [2.75, 3.05) is 19.4 Å². The number of urea groups is 1. The van der Waals surface area contributed by atoms with Crippen LogP contribution in [0.2, 0.25) is 0 Å².